The van der Waals surface area contributed by atoms with Crippen LogP contribution in [0, 0.1) is 5.92 Å². The summed E-state index contributed by atoms with van der Waals surface area (Å²) in [4.78, 5) is 0. The van der Waals surface area contributed by atoms with Gasteiger partial charge in [-0.15, -0.1) is 0 Å². The second-order valence-electron chi connectivity index (χ2n) is 4.36. The quantitative estimate of drug-likeness (QED) is 0.616. The number of hydrogen-bond acceptors (Lipinski definition) is 0. The van der Waals surface area contributed by atoms with Gasteiger partial charge in [0.05, 0.1) is 0 Å². The fraction of sp³-hybridized carbons (Fsp3) is 0.333. The minimum Gasteiger partial charge on any atom is -0.0999 e. The predicted octanol–water partition coefficient (Wildman–Crippen LogP) is 4.45. The molecule has 0 radical (unpaired) electrons. The minimum atomic E-state index is 0.760. The van der Waals surface area contributed by atoms with Gasteiger partial charge in [0.2, 0.25) is 0 Å². The first-order valence-electron chi connectivity index (χ1n) is 5.74. The average molecular weight is 198 g/mol. The zero-order chi connectivity index (χ0) is 10.5. The van der Waals surface area contributed by atoms with Gasteiger partial charge in [0.25, 0.3) is 0 Å². The first-order valence-corrected chi connectivity index (χ1v) is 5.74. The molecule has 1 aromatic carbocycles. The SMILES string of the molecule is C=C1CCC(C=Cc2ccccc2)CC1. The van der Waals surface area contributed by atoms with E-state index in [0.717, 1.165) is 5.92 Å². The van der Waals surface area contributed by atoms with E-state index in [2.05, 4.69) is 49.1 Å². The van der Waals surface area contributed by atoms with E-state index in [-0.39, 0.29) is 0 Å². The van der Waals surface area contributed by atoms with Crippen LogP contribution in [0.5, 0.6) is 0 Å². The molecule has 1 fully saturated rings. The van der Waals surface area contributed by atoms with Gasteiger partial charge >= 0.3 is 0 Å². The van der Waals surface area contributed by atoms with Gasteiger partial charge in [0, 0.05) is 0 Å². The molecule has 0 spiro atoms. The van der Waals surface area contributed by atoms with Gasteiger partial charge in [-0.25, -0.2) is 0 Å². The Morgan fingerprint density at radius 1 is 1.07 bits per heavy atom. The monoisotopic (exact) mass is 198 g/mol. The first-order chi connectivity index (χ1) is 7.34. The number of rotatable bonds is 2. The molecule has 0 unspecified atom stereocenters. The summed E-state index contributed by atoms with van der Waals surface area (Å²) in [5.41, 5.74) is 2.74. The Bertz CT molecular complexity index is 336. The Balaban J connectivity index is 1.92. The van der Waals surface area contributed by atoms with Gasteiger partial charge in [-0.2, -0.15) is 0 Å². The zero-order valence-electron chi connectivity index (χ0n) is 9.15. The fourth-order valence-electron chi connectivity index (χ4n) is 2.05. The van der Waals surface area contributed by atoms with Crippen molar-refractivity contribution < 1.29 is 0 Å². The van der Waals surface area contributed by atoms with Gasteiger partial charge in [0.1, 0.15) is 0 Å². The molecule has 1 aliphatic carbocycles. The summed E-state index contributed by atoms with van der Waals surface area (Å²) in [5.74, 6) is 0.760. The molecule has 0 amide bonds. The van der Waals surface area contributed by atoms with Crippen molar-refractivity contribution in [2.24, 2.45) is 5.92 Å². The fourth-order valence-corrected chi connectivity index (χ4v) is 2.05. The maximum atomic E-state index is 4.04. The standard InChI is InChI=1S/C15H18/c1-13-7-9-15(10-8-13)12-11-14-5-3-2-4-6-14/h2-6,11-12,15H,1,7-10H2. The molecule has 1 aromatic rings. The lowest BCUT2D eigenvalue weighted by atomic mass is 9.86. The second kappa shape index (κ2) is 4.97. The normalized spacial score (nSPS) is 18.5. The number of benzene rings is 1. The van der Waals surface area contributed by atoms with Crippen molar-refractivity contribution in [3.63, 3.8) is 0 Å². The summed E-state index contributed by atoms with van der Waals surface area (Å²) in [6.45, 7) is 4.04. The van der Waals surface area contributed by atoms with Crippen LogP contribution in [-0.2, 0) is 0 Å². The summed E-state index contributed by atoms with van der Waals surface area (Å²) >= 11 is 0. The Hall–Kier alpha value is -1.30. The summed E-state index contributed by atoms with van der Waals surface area (Å²) < 4.78 is 0. The van der Waals surface area contributed by atoms with E-state index in [9.17, 15) is 0 Å². The smallest absolute Gasteiger partial charge is 0.0224 e. The average Bonchev–Trinajstić information content (AvgIpc) is 2.30. The Morgan fingerprint density at radius 2 is 1.73 bits per heavy atom. The minimum absolute atomic E-state index is 0.760. The molecular weight excluding hydrogens is 180 g/mol. The highest BCUT2D eigenvalue weighted by atomic mass is 14.2. The van der Waals surface area contributed by atoms with Gasteiger partial charge < -0.3 is 0 Å². The molecule has 0 heteroatoms. The Kier molecular flexibility index (Phi) is 3.39. The lowest BCUT2D eigenvalue weighted by Crippen LogP contribution is -2.04. The third kappa shape index (κ3) is 3.09. The number of allylic oxidation sites excluding steroid dienone is 2. The van der Waals surface area contributed by atoms with Crippen molar-refractivity contribution in [2.75, 3.05) is 0 Å². The molecule has 0 nitrogen and oxygen atoms in total. The molecular formula is C15H18. The summed E-state index contributed by atoms with van der Waals surface area (Å²) in [5, 5.41) is 0. The van der Waals surface area contributed by atoms with Crippen molar-refractivity contribution in [3.8, 4) is 0 Å². The topological polar surface area (TPSA) is 0 Å². The summed E-state index contributed by atoms with van der Waals surface area (Å²) in [6, 6.07) is 10.5. The largest absolute Gasteiger partial charge is 0.0999 e. The second-order valence-corrected chi connectivity index (χ2v) is 4.36. The third-order valence-corrected chi connectivity index (χ3v) is 3.10. The van der Waals surface area contributed by atoms with Crippen molar-refractivity contribution >= 4 is 6.08 Å². The van der Waals surface area contributed by atoms with E-state index in [1.165, 1.54) is 36.8 Å². The molecule has 0 heterocycles. The van der Waals surface area contributed by atoms with Crippen LogP contribution in [0.2, 0.25) is 0 Å². The summed E-state index contributed by atoms with van der Waals surface area (Å²) in [6.07, 6.45) is 9.60. The molecule has 1 aliphatic rings. The van der Waals surface area contributed by atoms with E-state index in [4.69, 9.17) is 0 Å². The molecule has 0 aromatic heterocycles. The van der Waals surface area contributed by atoms with Gasteiger partial charge in [0.15, 0.2) is 0 Å². The van der Waals surface area contributed by atoms with Crippen LogP contribution in [0.1, 0.15) is 31.2 Å². The maximum Gasteiger partial charge on any atom is -0.0224 e. The molecule has 0 bridgehead atoms. The van der Waals surface area contributed by atoms with Crippen LogP contribution < -0.4 is 0 Å². The van der Waals surface area contributed by atoms with E-state index < -0.39 is 0 Å². The molecule has 0 saturated heterocycles. The van der Waals surface area contributed by atoms with Gasteiger partial charge in [-0.3, -0.25) is 0 Å². The lowest BCUT2D eigenvalue weighted by Gasteiger charge is -2.20. The van der Waals surface area contributed by atoms with Crippen molar-refractivity contribution in [1.82, 2.24) is 0 Å². The van der Waals surface area contributed by atoms with Crippen molar-refractivity contribution in [3.05, 3.63) is 54.1 Å². The van der Waals surface area contributed by atoms with E-state index in [1.54, 1.807) is 0 Å². The van der Waals surface area contributed by atoms with Crippen LogP contribution in [0.15, 0.2) is 48.6 Å². The lowest BCUT2D eigenvalue weighted by molar-refractivity contribution is 0.490. The van der Waals surface area contributed by atoms with Crippen LogP contribution in [0.4, 0.5) is 0 Å². The first kappa shape index (κ1) is 10.2. The maximum absolute atomic E-state index is 4.04. The highest BCUT2D eigenvalue weighted by molar-refractivity contribution is 5.49. The zero-order valence-corrected chi connectivity index (χ0v) is 9.15. The molecule has 78 valence electrons. The molecule has 0 N–H and O–H groups in total. The predicted molar refractivity (Wildman–Crippen MR) is 66.6 cm³/mol. The third-order valence-electron chi connectivity index (χ3n) is 3.10. The molecule has 2 rings (SSSR count). The van der Waals surface area contributed by atoms with E-state index in [1.807, 2.05) is 0 Å². The Labute approximate surface area is 92.3 Å². The van der Waals surface area contributed by atoms with Crippen LogP contribution in [0.3, 0.4) is 0 Å². The van der Waals surface area contributed by atoms with Crippen LogP contribution in [0.25, 0.3) is 6.08 Å². The summed E-state index contributed by atoms with van der Waals surface area (Å²) in [7, 11) is 0. The van der Waals surface area contributed by atoms with Crippen molar-refractivity contribution in [1.29, 1.82) is 0 Å². The molecule has 0 aliphatic heterocycles. The molecule has 15 heavy (non-hydrogen) atoms. The highest BCUT2D eigenvalue weighted by Gasteiger charge is 2.12. The van der Waals surface area contributed by atoms with Gasteiger partial charge in [-0.1, -0.05) is 54.6 Å². The van der Waals surface area contributed by atoms with Crippen LogP contribution >= 0.6 is 0 Å². The Morgan fingerprint density at radius 3 is 2.40 bits per heavy atom. The highest BCUT2D eigenvalue weighted by Crippen LogP contribution is 2.28. The van der Waals surface area contributed by atoms with Crippen molar-refractivity contribution in [2.45, 2.75) is 25.7 Å². The number of hydrogen-bond donors (Lipinski definition) is 0. The van der Waals surface area contributed by atoms with E-state index >= 15 is 0 Å². The van der Waals surface area contributed by atoms with Crippen LogP contribution in [-0.4, -0.2) is 0 Å². The van der Waals surface area contributed by atoms with Gasteiger partial charge in [-0.05, 0) is 37.2 Å². The van der Waals surface area contributed by atoms with E-state index in [0.29, 0.717) is 0 Å². The molecule has 1 saturated carbocycles. The molecule has 0 atom stereocenters.